The Hall–Kier alpha value is -2.89. The topological polar surface area (TPSA) is 84.3 Å². The van der Waals surface area contributed by atoms with Gasteiger partial charge in [-0.3, -0.25) is 14.9 Å². The molecule has 3 rings (SSSR count). The van der Waals surface area contributed by atoms with Crippen molar-refractivity contribution in [2.45, 2.75) is 32.4 Å². The molecule has 0 unspecified atom stereocenters. The number of nitro groups is 1. The summed E-state index contributed by atoms with van der Waals surface area (Å²) in [5.74, 6) is -0.320. The molecule has 0 heterocycles. The number of carbonyl (C=O) groups excluding carboxylic acids is 1. The lowest BCUT2D eigenvalue weighted by Crippen LogP contribution is -2.23. The number of carbonyl (C=O) groups is 1. The second kappa shape index (κ2) is 6.70. The van der Waals surface area contributed by atoms with E-state index in [9.17, 15) is 14.9 Å². The average molecular weight is 325 g/mol. The summed E-state index contributed by atoms with van der Waals surface area (Å²) in [4.78, 5) is 23.1. The minimum atomic E-state index is -0.456. The molecular weight excluding hydrogens is 306 g/mol. The van der Waals surface area contributed by atoms with Crippen LogP contribution in [0.25, 0.3) is 0 Å². The number of nitrogens with one attached hydrogen (secondary N) is 2. The first kappa shape index (κ1) is 16.0. The molecule has 6 nitrogen and oxygen atoms in total. The van der Waals surface area contributed by atoms with Gasteiger partial charge in [0.05, 0.1) is 4.92 Å². The van der Waals surface area contributed by atoms with Gasteiger partial charge in [0.15, 0.2) is 0 Å². The Morgan fingerprint density at radius 2 is 2.00 bits per heavy atom. The predicted molar refractivity (Wildman–Crippen MR) is 92.1 cm³/mol. The SMILES string of the molecule is Cc1ccccc1CNC(=O)c1ccc(NC2CC2)c([N+](=O)[O-])c1. The van der Waals surface area contributed by atoms with Crippen LogP contribution in [0.4, 0.5) is 11.4 Å². The summed E-state index contributed by atoms with van der Waals surface area (Å²) in [5.41, 5.74) is 2.81. The molecule has 1 amide bonds. The van der Waals surface area contributed by atoms with E-state index >= 15 is 0 Å². The maximum absolute atomic E-state index is 12.3. The molecular formula is C18H19N3O3. The van der Waals surface area contributed by atoms with Crippen molar-refractivity contribution in [3.8, 4) is 0 Å². The fourth-order valence-electron chi connectivity index (χ4n) is 2.48. The minimum Gasteiger partial charge on any atom is -0.377 e. The molecule has 1 aliphatic rings. The van der Waals surface area contributed by atoms with E-state index in [1.165, 1.54) is 6.07 Å². The zero-order chi connectivity index (χ0) is 17.1. The summed E-state index contributed by atoms with van der Waals surface area (Å²) in [7, 11) is 0. The summed E-state index contributed by atoms with van der Waals surface area (Å²) in [5, 5.41) is 17.2. The van der Waals surface area contributed by atoms with Crippen molar-refractivity contribution in [1.29, 1.82) is 0 Å². The number of nitro benzene ring substituents is 1. The average Bonchev–Trinajstić information content (AvgIpc) is 3.38. The molecule has 1 aliphatic carbocycles. The quantitative estimate of drug-likeness (QED) is 0.629. The molecule has 2 aromatic carbocycles. The van der Waals surface area contributed by atoms with Gasteiger partial charge in [0.2, 0.25) is 0 Å². The molecule has 2 N–H and O–H groups in total. The Labute approximate surface area is 140 Å². The summed E-state index contributed by atoms with van der Waals surface area (Å²) in [6.07, 6.45) is 2.05. The number of hydrogen-bond acceptors (Lipinski definition) is 4. The van der Waals surface area contributed by atoms with Crippen LogP contribution in [0, 0.1) is 17.0 Å². The molecule has 0 bridgehead atoms. The lowest BCUT2D eigenvalue weighted by molar-refractivity contribution is -0.384. The normalized spacial score (nSPS) is 13.4. The van der Waals surface area contributed by atoms with Crippen molar-refractivity contribution in [3.05, 3.63) is 69.3 Å². The van der Waals surface area contributed by atoms with E-state index in [1.54, 1.807) is 12.1 Å². The molecule has 0 radical (unpaired) electrons. The second-order valence-electron chi connectivity index (χ2n) is 6.02. The van der Waals surface area contributed by atoms with E-state index in [-0.39, 0.29) is 17.2 Å². The molecule has 2 aromatic rings. The molecule has 0 spiro atoms. The van der Waals surface area contributed by atoms with Crippen LogP contribution in [0.3, 0.4) is 0 Å². The van der Waals surface area contributed by atoms with Gasteiger partial charge in [-0.1, -0.05) is 24.3 Å². The predicted octanol–water partition coefficient (Wildman–Crippen LogP) is 3.41. The maximum Gasteiger partial charge on any atom is 0.293 e. The van der Waals surface area contributed by atoms with Crippen LogP contribution >= 0.6 is 0 Å². The monoisotopic (exact) mass is 325 g/mol. The Kier molecular flexibility index (Phi) is 4.46. The highest BCUT2D eigenvalue weighted by molar-refractivity contribution is 5.95. The Balaban J connectivity index is 1.73. The molecule has 0 saturated heterocycles. The van der Waals surface area contributed by atoms with Crippen molar-refractivity contribution < 1.29 is 9.72 Å². The Morgan fingerprint density at radius 3 is 2.67 bits per heavy atom. The number of nitrogens with zero attached hydrogens (tertiary/aromatic N) is 1. The van der Waals surface area contributed by atoms with Gasteiger partial charge in [-0.25, -0.2) is 0 Å². The van der Waals surface area contributed by atoms with Crippen LogP contribution in [0.2, 0.25) is 0 Å². The fraction of sp³-hybridized carbons (Fsp3) is 0.278. The zero-order valence-electron chi connectivity index (χ0n) is 13.4. The van der Waals surface area contributed by atoms with Gasteiger partial charge in [-0.15, -0.1) is 0 Å². The van der Waals surface area contributed by atoms with Crippen molar-refractivity contribution in [1.82, 2.24) is 5.32 Å². The summed E-state index contributed by atoms with van der Waals surface area (Å²) in [6, 6.07) is 12.6. The number of amides is 1. The number of rotatable bonds is 6. The Bertz CT molecular complexity index is 785. The highest BCUT2D eigenvalue weighted by atomic mass is 16.6. The van der Waals surface area contributed by atoms with Crippen molar-refractivity contribution in [3.63, 3.8) is 0 Å². The maximum atomic E-state index is 12.3. The van der Waals surface area contributed by atoms with Gasteiger partial charge in [0.1, 0.15) is 5.69 Å². The lowest BCUT2D eigenvalue weighted by Gasteiger charge is -2.10. The van der Waals surface area contributed by atoms with Crippen LogP contribution in [0.5, 0.6) is 0 Å². The number of benzene rings is 2. The first-order valence-corrected chi connectivity index (χ1v) is 7.92. The van der Waals surface area contributed by atoms with Crippen molar-refractivity contribution in [2.24, 2.45) is 0 Å². The van der Waals surface area contributed by atoms with Gasteiger partial charge in [-0.05, 0) is 43.0 Å². The zero-order valence-corrected chi connectivity index (χ0v) is 13.4. The van der Waals surface area contributed by atoms with Crippen LogP contribution < -0.4 is 10.6 Å². The van der Waals surface area contributed by atoms with Crippen LogP contribution in [0.15, 0.2) is 42.5 Å². The fourth-order valence-corrected chi connectivity index (χ4v) is 2.48. The molecule has 124 valence electrons. The largest absolute Gasteiger partial charge is 0.377 e. The summed E-state index contributed by atoms with van der Waals surface area (Å²) < 4.78 is 0. The third kappa shape index (κ3) is 3.71. The molecule has 0 aromatic heterocycles. The number of aryl methyl sites for hydroxylation is 1. The highest BCUT2D eigenvalue weighted by Crippen LogP contribution is 2.31. The highest BCUT2D eigenvalue weighted by Gasteiger charge is 2.25. The second-order valence-corrected chi connectivity index (χ2v) is 6.02. The molecule has 1 fully saturated rings. The number of anilines is 1. The lowest BCUT2D eigenvalue weighted by atomic mass is 10.1. The van der Waals surface area contributed by atoms with Crippen LogP contribution in [-0.2, 0) is 6.54 Å². The molecule has 24 heavy (non-hydrogen) atoms. The van der Waals surface area contributed by atoms with E-state index in [2.05, 4.69) is 10.6 Å². The van der Waals surface area contributed by atoms with Crippen LogP contribution in [-0.4, -0.2) is 16.9 Å². The first-order chi connectivity index (χ1) is 11.5. The van der Waals surface area contributed by atoms with Crippen molar-refractivity contribution in [2.75, 3.05) is 5.32 Å². The number of hydrogen-bond donors (Lipinski definition) is 2. The van der Waals surface area contributed by atoms with E-state index in [1.807, 2.05) is 31.2 Å². The van der Waals surface area contributed by atoms with E-state index in [0.29, 0.717) is 18.3 Å². The molecule has 0 aliphatic heterocycles. The van der Waals surface area contributed by atoms with Gasteiger partial charge in [0.25, 0.3) is 11.6 Å². The van der Waals surface area contributed by atoms with Gasteiger partial charge < -0.3 is 10.6 Å². The summed E-state index contributed by atoms with van der Waals surface area (Å²) in [6.45, 7) is 2.37. The van der Waals surface area contributed by atoms with Gasteiger partial charge >= 0.3 is 0 Å². The Morgan fingerprint density at radius 1 is 1.25 bits per heavy atom. The van der Waals surface area contributed by atoms with E-state index in [0.717, 1.165) is 24.0 Å². The first-order valence-electron chi connectivity index (χ1n) is 7.92. The van der Waals surface area contributed by atoms with Crippen LogP contribution in [0.1, 0.15) is 34.3 Å². The van der Waals surface area contributed by atoms with E-state index in [4.69, 9.17) is 0 Å². The summed E-state index contributed by atoms with van der Waals surface area (Å²) >= 11 is 0. The van der Waals surface area contributed by atoms with E-state index < -0.39 is 4.92 Å². The molecule has 6 heteroatoms. The standard InChI is InChI=1S/C18H19N3O3/c1-12-4-2-3-5-14(12)11-19-18(22)13-6-9-16(20-15-7-8-15)17(10-13)21(23)24/h2-6,9-10,15,20H,7-8,11H2,1H3,(H,19,22). The van der Waals surface area contributed by atoms with Gasteiger partial charge in [0, 0.05) is 24.2 Å². The van der Waals surface area contributed by atoms with Crippen molar-refractivity contribution >= 4 is 17.3 Å². The minimum absolute atomic E-state index is 0.0644. The molecule has 0 atom stereocenters. The third-order valence-corrected chi connectivity index (χ3v) is 4.09. The van der Waals surface area contributed by atoms with Gasteiger partial charge in [-0.2, -0.15) is 0 Å². The molecule has 1 saturated carbocycles. The smallest absolute Gasteiger partial charge is 0.293 e. The third-order valence-electron chi connectivity index (χ3n) is 4.09.